The van der Waals surface area contributed by atoms with Crippen LogP contribution in [0, 0.1) is 0 Å². The van der Waals surface area contributed by atoms with E-state index in [-0.39, 0.29) is 12.0 Å². The van der Waals surface area contributed by atoms with Crippen molar-refractivity contribution < 1.29 is 28.5 Å². The summed E-state index contributed by atoms with van der Waals surface area (Å²) < 4.78 is 26.9. The first-order chi connectivity index (χ1) is 13.9. The Morgan fingerprint density at radius 2 is 1.48 bits per heavy atom. The van der Waals surface area contributed by atoms with E-state index >= 15 is 0 Å². The molecule has 0 aliphatic rings. The fraction of sp³-hybridized carbons (Fsp3) is 0.318. The number of methoxy groups -OCH3 is 4. The number of hydrogen-bond donors (Lipinski definition) is 1. The van der Waals surface area contributed by atoms with Crippen molar-refractivity contribution in [3.05, 3.63) is 42.0 Å². The number of ether oxygens (including phenoxy) is 5. The summed E-state index contributed by atoms with van der Waals surface area (Å²) in [7, 11) is 6.13. The highest BCUT2D eigenvalue weighted by atomic mass is 16.5. The van der Waals surface area contributed by atoms with Crippen molar-refractivity contribution >= 4 is 17.7 Å². The van der Waals surface area contributed by atoms with E-state index < -0.39 is 0 Å². The average Bonchev–Trinajstić information content (AvgIpc) is 2.71. The first-order valence-electron chi connectivity index (χ1n) is 9.05. The Kier molecular flexibility index (Phi) is 7.77. The Bertz CT molecular complexity index is 851. The molecule has 156 valence electrons. The first kappa shape index (κ1) is 21.9. The van der Waals surface area contributed by atoms with Crippen molar-refractivity contribution in [3.8, 4) is 28.7 Å². The molecule has 0 radical (unpaired) electrons. The molecule has 0 fully saturated rings. The van der Waals surface area contributed by atoms with E-state index in [4.69, 9.17) is 23.7 Å². The van der Waals surface area contributed by atoms with Gasteiger partial charge >= 0.3 is 0 Å². The molecule has 0 saturated carbocycles. The van der Waals surface area contributed by atoms with E-state index in [1.807, 2.05) is 26.0 Å². The first-order valence-corrected chi connectivity index (χ1v) is 9.05. The molecule has 2 rings (SSSR count). The molecule has 0 spiro atoms. The molecule has 7 heteroatoms. The quantitative estimate of drug-likeness (QED) is 0.636. The van der Waals surface area contributed by atoms with Crippen LogP contribution in [-0.4, -0.2) is 40.5 Å². The predicted octanol–water partition coefficient (Wildman–Crippen LogP) is 4.16. The second kappa shape index (κ2) is 10.3. The minimum atomic E-state index is -0.305. The topological polar surface area (TPSA) is 75.3 Å². The molecular formula is C22H27NO6. The number of carbonyl (C=O) groups excluding carboxylic acids is 1. The van der Waals surface area contributed by atoms with Gasteiger partial charge in [0.2, 0.25) is 11.7 Å². The number of anilines is 1. The Morgan fingerprint density at radius 1 is 0.862 bits per heavy atom. The highest BCUT2D eigenvalue weighted by Gasteiger charge is 2.14. The highest BCUT2D eigenvalue weighted by Crippen LogP contribution is 2.40. The highest BCUT2D eigenvalue weighted by molar-refractivity contribution is 6.02. The van der Waals surface area contributed by atoms with Gasteiger partial charge in [-0.3, -0.25) is 4.79 Å². The fourth-order valence-corrected chi connectivity index (χ4v) is 2.65. The molecule has 2 aromatic carbocycles. The van der Waals surface area contributed by atoms with Crippen LogP contribution in [0.5, 0.6) is 28.7 Å². The van der Waals surface area contributed by atoms with Gasteiger partial charge in [0.1, 0.15) is 0 Å². The van der Waals surface area contributed by atoms with Gasteiger partial charge in [-0.2, -0.15) is 0 Å². The standard InChI is InChI=1S/C22H27NO6/c1-14(2)29-17-9-7-15(11-18(17)25-3)8-10-21(24)23-16-12-19(26-4)22(28-6)20(13-16)27-5/h7-14H,1-6H3,(H,23,24)/b10-8+. The van der Waals surface area contributed by atoms with Crippen LogP contribution in [0.4, 0.5) is 5.69 Å². The number of amides is 1. The number of nitrogens with one attached hydrogen (secondary N) is 1. The van der Waals surface area contributed by atoms with Crippen LogP contribution in [0.3, 0.4) is 0 Å². The lowest BCUT2D eigenvalue weighted by molar-refractivity contribution is -0.111. The average molecular weight is 401 g/mol. The maximum Gasteiger partial charge on any atom is 0.248 e. The second-order valence-corrected chi connectivity index (χ2v) is 6.31. The van der Waals surface area contributed by atoms with Gasteiger partial charge in [0.05, 0.1) is 34.5 Å². The maximum atomic E-state index is 12.3. The summed E-state index contributed by atoms with van der Waals surface area (Å²) in [6.45, 7) is 3.89. The molecule has 1 amide bonds. The Balaban J connectivity index is 2.15. The molecule has 0 aliphatic carbocycles. The zero-order chi connectivity index (χ0) is 21.4. The summed E-state index contributed by atoms with van der Waals surface area (Å²) >= 11 is 0. The minimum absolute atomic E-state index is 0.0366. The van der Waals surface area contributed by atoms with Crippen LogP contribution in [0.25, 0.3) is 6.08 Å². The molecule has 1 N–H and O–H groups in total. The van der Waals surface area contributed by atoms with Crippen molar-refractivity contribution in [1.29, 1.82) is 0 Å². The van der Waals surface area contributed by atoms with Gasteiger partial charge in [-0.25, -0.2) is 0 Å². The molecule has 0 unspecified atom stereocenters. The number of rotatable bonds is 9. The summed E-state index contributed by atoms with van der Waals surface area (Å²) in [5.41, 5.74) is 1.32. The van der Waals surface area contributed by atoms with Crippen LogP contribution >= 0.6 is 0 Å². The van der Waals surface area contributed by atoms with Crippen LogP contribution in [0.2, 0.25) is 0 Å². The molecule has 29 heavy (non-hydrogen) atoms. The predicted molar refractivity (Wildman–Crippen MR) is 113 cm³/mol. The molecule has 0 saturated heterocycles. The Hall–Kier alpha value is -3.35. The lowest BCUT2D eigenvalue weighted by Gasteiger charge is -2.14. The summed E-state index contributed by atoms with van der Waals surface area (Å²) in [6, 6.07) is 8.79. The van der Waals surface area contributed by atoms with Gasteiger partial charge in [0, 0.05) is 23.9 Å². The van der Waals surface area contributed by atoms with Crippen molar-refractivity contribution in [1.82, 2.24) is 0 Å². The SMILES string of the molecule is COc1cc(/C=C/C(=O)Nc2cc(OC)c(OC)c(OC)c2)ccc1OC(C)C. The summed E-state index contributed by atoms with van der Waals surface area (Å²) in [4.78, 5) is 12.3. The van der Waals surface area contributed by atoms with Crippen LogP contribution in [0.15, 0.2) is 36.4 Å². The van der Waals surface area contributed by atoms with Crippen LogP contribution in [-0.2, 0) is 4.79 Å². The van der Waals surface area contributed by atoms with Gasteiger partial charge in [0.25, 0.3) is 0 Å². The fourth-order valence-electron chi connectivity index (χ4n) is 2.65. The summed E-state index contributed by atoms with van der Waals surface area (Å²) in [5, 5.41) is 2.78. The van der Waals surface area contributed by atoms with E-state index in [0.717, 1.165) is 5.56 Å². The van der Waals surface area contributed by atoms with E-state index in [2.05, 4.69) is 5.32 Å². The molecule has 0 bridgehead atoms. The molecule has 0 aromatic heterocycles. The van der Waals surface area contributed by atoms with Gasteiger partial charge < -0.3 is 29.0 Å². The van der Waals surface area contributed by atoms with Crippen molar-refractivity contribution in [2.75, 3.05) is 33.8 Å². The van der Waals surface area contributed by atoms with E-state index in [1.54, 1.807) is 31.4 Å². The van der Waals surface area contributed by atoms with Crippen molar-refractivity contribution in [2.45, 2.75) is 20.0 Å². The van der Waals surface area contributed by atoms with Crippen LogP contribution in [0.1, 0.15) is 19.4 Å². The third-order valence-electron chi connectivity index (χ3n) is 3.91. The largest absolute Gasteiger partial charge is 0.493 e. The van der Waals surface area contributed by atoms with Gasteiger partial charge in [-0.1, -0.05) is 6.07 Å². The Morgan fingerprint density at radius 3 is 2.00 bits per heavy atom. The Labute approximate surface area is 171 Å². The van der Waals surface area contributed by atoms with E-state index in [1.165, 1.54) is 27.4 Å². The number of benzene rings is 2. The monoisotopic (exact) mass is 401 g/mol. The zero-order valence-electron chi connectivity index (χ0n) is 17.6. The molecule has 2 aromatic rings. The van der Waals surface area contributed by atoms with Crippen LogP contribution < -0.4 is 29.0 Å². The summed E-state index contributed by atoms with van der Waals surface area (Å²) in [5.74, 6) is 2.32. The number of carbonyl (C=O) groups is 1. The van der Waals surface area contributed by atoms with Crippen molar-refractivity contribution in [3.63, 3.8) is 0 Å². The van der Waals surface area contributed by atoms with Gasteiger partial charge in [-0.05, 0) is 37.6 Å². The smallest absolute Gasteiger partial charge is 0.248 e. The number of hydrogen-bond acceptors (Lipinski definition) is 6. The molecular weight excluding hydrogens is 374 g/mol. The van der Waals surface area contributed by atoms with Gasteiger partial charge in [-0.15, -0.1) is 0 Å². The maximum absolute atomic E-state index is 12.3. The summed E-state index contributed by atoms with van der Waals surface area (Å²) in [6.07, 6.45) is 3.16. The normalized spacial score (nSPS) is 10.7. The zero-order valence-corrected chi connectivity index (χ0v) is 17.6. The third-order valence-corrected chi connectivity index (χ3v) is 3.91. The molecule has 0 heterocycles. The third kappa shape index (κ3) is 5.81. The van der Waals surface area contributed by atoms with E-state index in [0.29, 0.717) is 34.4 Å². The second-order valence-electron chi connectivity index (χ2n) is 6.31. The molecule has 0 aliphatic heterocycles. The lowest BCUT2D eigenvalue weighted by atomic mass is 10.2. The minimum Gasteiger partial charge on any atom is -0.493 e. The lowest BCUT2D eigenvalue weighted by Crippen LogP contribution is -2.08. The van der Waals surface area contributed by atoms with E-state index in [9.17, 15) is 4.79 Å². The van der Waals surface area contributed by atoms with Gasteiger partial charge in [0.15, 0.2) is 23.0 Å². The molecule has 0 atom stereocenters. The molecule has 7 nitrogen and oxygen atoms in total. The van der Waals surface area contributed by atoms with Crippen molar-refractivity contribution in [2.24, 2.45) is 0 Å².